The van der Waals surface area contributed by atoms with Crippen molar-refractivity contribution in [1.82, 2.24) is 0 Å². The lowest BCUT2D eigenvalue weighted by Crippen LogP contribution is -2.61. The van der Waals surface area contributed by atoms with E-state index in [4.69, 9.17) is 9.47 Å². The third-order valence-corrected chi connectivity index (χ3v) is 7.58. The maximum atomic E-state index is 12.6. The minimum Gasteiger partial charge on any atom is -0.459 e. The van der Waals surface area contributed by atoms with Gasteiger partial charge in [0.15, 0.2) is 0 Å². The van der Waals surface area contributed by atoms with E-state index < -0.39 is 0 Å². The fourth-order valence-electron chi connectivity index (χ4n) is 6.67. The van der Waals surface area contributed by atoms with Crippen molar-refractivity contribution in [1.29, 1.82) is 0 Å². The highest BCUT2D eigenvalue weighted by atomic mass is 16.6. The maximum Gasteiger partial charge on any atom is 0.306 e. The van der Waals surface area contributed by atoms with Crippen molar-refractivity contribution in [2.45, 2.75) is 141 Å². The molecule has 0 aromatic rings. The molecule has 4 aliphatic rings. The molecular weight excluding hydrogens is 376 g/mol. The second-order valence-electron chi connectivity index (χ2n) is 10.6. The number of hydrogen-bond donors (Lipinski definition) is 0. The number of esters is 2. The van der Waals surface area contributed by atoms with Gasteiger partial charge in [-0.15, -0.1) is 0 Å². The van der Waals surface area contributed by atoms with E-state index in [2.05, 4.69) is 13.8 Å². The molecule has 4 bridgehead atoms. The molecule has 4 saturated carbocycles. The summed E-state index contributed by atoms with van der Waals surface area (Å²) in [4.78, 5) is 25.2. The van der Waals surface area contributed by atoms with Gasteiger partial charge in [-0.05, 0) is 56.8 Å². The Labute approximate surface area is 183 Å². The second kappa shape index (κ2) is 11.0. The molecule has 0 unspecified atom stereocenters. The van der Waals surface area contributed by atoms with Gasteiger partial charge in [0.2, 0.25) is 0 Å². The van der Waals surface area contributed by atoms with E-state index in [0.717, 1.165) is 57.8 Å². The summed E-state index contributed by atoms with van der Waals surface area (Å²) in [7, 11) is 0. The quantitative estimate of drug-likeness (QED) is 0.227. The largest absolute Gasteiger partial charge is 0.459 e. The summed E-state index contributed by atoms with van der Waals surface area (Å²) in [5.41, 5.74) is -0.738. The van der Waals surface area contributed by atoms with Crippen molar-refractivity contribution in [3.05, 3.63) is 0 Å². The van der Waals surface area contributed by atoms with Crippen LogP contribution in [0.25, 0.3) is 0 Å². The normalized spacial score (nSPS) is 31.7. The zero-order valence-electron chi connectivity index (χ0n) is 19.5. The van der Waals surface area contributed by atoms with Gasteiger partial charge >= 0.3 is 11.9 Å². The minimum atomic E-state index is -0.369. The van der Waals surface area contributed by atoms with Gasteiger partial charge in [-0.2, -0.15) is 0 Å². The first-order valence-corrected chi connectivity index (χ1v) is 12.9. The average Bonchev–Trinajstić information content (AvgIpc) is 2.65. The maximum absolute atomic E-state index is 12.6. The van der Waals surface area contributed by atoms with Crippen LogP contribution in [0.1, 0.15) is 129 Å². The van der Waals surface area contributed by atoms with Crippen molar-refractivity contribution in [3.63, 3.8) is 0 Å². The third-order valence-electron chi connectivity index (χ3n) is 7.58. The summed E-state index contributed by atoms with van der Waals surface area (Å²) in [6.07, 6.45) is 18.3. The molecule has 4 aliphatic carbocycles. The van der Waals surface area contributed by atoms with E-state index in [0.29, 0.717) is 24.7 Å². The second-order valence-corrected chi connectivity index (χ2v) is 10.6. The van der Waals surface area contributed by atoms with Gasteiger partial charge in [0.05, 0.1) is 0 Å². The lowest BCUT2D eigenvalue weighted by Gasteiger charge is -2.60. The lowest BCUT2D eigenvalue weighted by atomic mass is 9.52. The fourth-order valence-corrected chi connectivity index (χ4v) is 6.67. The van der Waals surface area contributed by atoms with Crippen LogP contribution in [-0.4, -0.2) is 23.1 Å². The predicted octanol–water partition coefficient (Wildman–Crippen LogP) is 6.89. The van der Waals surface area contributed by atoms with Crippen LogP contribution in [0.5, 0.6) is 0 Å². The molecule has 0 aliphatic heterocycles. The molecule has 0 N–H and O–H groups in total. The van der Waals surface area contributed by atoms with E-state index in [1.165, 1.54) is 44.9 Å². The van der Waals surface area contributed by atoms with E-state index in [1.807, 2.05) is 0 Å². The van der Waals surface area contributed by atoms with Crippen molar-refractivity contribution in [2.75, 3.05) is 0 Å². The van der Waals surface area contributed by atoms with Gasteiger partial charge in [0.25, 0.3) is 0 Å². The molecule has 172 valence electrons. The number of unbranched alkanes of at least 4 members (excludes halogenated alkanes) is 8. The zero-order chi connectivity index (χ0) is 21.5. The zero-order valence-corrected chi connectivity index (χ0v) is 19.5. The van der Waals surface area contributed by atoms with Crippen molar-refractivity contribution in [2.24, 2.45) is 11.8 Å². The molecular formula is C26H44O4. The molecule has 4 rings (SSSR count). The smallest absolute Gasteiger partial charge is 0.306 e. The first kappa shape index (κ1) is 23.6. The molecule has 4 fully saturated rings. The van der Waals surface area contributed by atoms with Gasteiger partial charge in [0, 0.05) is 19.3 Å². The Bertz CT molecular complexity index is 509. The molecule has 0 heterocycles. The summed E-state index contributed by atoms with van der Waals surface area (Å²) < 4.78 is 12.3. The molecule has 0 amide bonds. The Morgan fingerprint density at radius 3 is 1.47 bits per heavy atom. The van der Waals surface area contributed by atoms with Gasteiger partial charge < -0.3 is 9.47 Å². The Kier molecular flexibility index (Phi) is 8.65. The number of carbonyl (C=O) groups excluding carboxylic acids is 2. The molecule has 4 nitrogen and oxygen atoms in total. The van der Waals surface area contributed by atoms with E-state index in [1.54, 1.807) is 0 Å². The van der Waals surface area contributed by atoms with Crippen LogP contribution in [0.2, 0.25) is 0 Å². The van der Waals surface area contributed by atoms with Gasteiger partial charge in [0.1, 0.15) is 11.2 Å². The summed E-state index contributed by atoms with van der Waals surface area (Å²) >= 11 is 0. The van der Waals surface area contributed by atoms with E-state index in [9.17, 15) is 9.59 Å². The summed E-state index contributed by atoms with van der Waals surface area (Å²) in [6.45, 7) is 4.41. The van der Waals surface area contributed by atoms with Crippen LogP contribution in [-0.2, 0) is 19.1 Å². The Hall–Kier alpha value is -1.06. The average molecular weight is 421 g/mol. The molecule has 0 radical (unpaired) electrons. The predicted molar refractivity (Wildman–Crippen MR) is 119 cm³/mol. The Morgan fingerprint density at radius 1 is 0.667 bits per heavy atom. The standard InChI is InChI=1S/C26H44O4/c1-3-5-7-9-11-13-23(27)29-25-16-21-15-22(17-25)19-26(18-21,20-25)30-24(28)14-12-10-8-6-4-2/h21-22H,3-20H2,1-2H3. The molecule has 30 heavy (non-hydrogen) atoms. The highest BCUT2D eigenvalue weighted by Crippen LogP contribution is 2.60. The van der Waals surface area contributed by atoms with Crippen LogP contribution in [0.3, 0.4) is 0 Å². The van der Waals surface area contributed by atoms with E-state index in [-0.39, 0.29) is 23.1 Å². The molecule has 0 aromatic heterocycles. The van der Waals surface area contributed by atoms with Crippen LogP contribution in [0.4, 0.5) is 0 Å². The summed E-state index contributed by atoms with van der Waals surface area (Å²) in [5.74, 6) is 1.01. The number of ether oxygens (including phenoxy) is 2. The van der Waals surface area contributed by atoms with Gasteiger partial charge in [-0.25, -0.2) is 0 Å². The molecule has 0 saturated heterocycles. The summed E-state index contributed by atoms with van der Waals surface area (Å²) in [6, 6.07) is 0. The highest BCUT2D eigenvalue weighted by Gasteiger charge is 2.61. The Morgan fingerprint density at radius 2 is 1.07 bits per heavy atom. The molecule has 4 heteroatoms. The van der Waals surface area contributed by atoms with Crippen molar-refractivity contribution in [3.8, 4) is 0 Å². The third kappa shape index (κ3) is 6.47. The molecule has 0 spiro atoms. The Balaban J connectivity index is 1.49. The van der Waals surface area contributed by atoms with Gasteiger partial charge in [-0.1, -0.05) is 65.2 Å². The molecule has 0 atom stereocenters. The monoisotopic (exact) mass is 420 g/mol. The summed E-state index contributed by atoms with van der Waals surface area (Å²) in [5, 5.41) is 0. The van der Waals surface area contributed by atoms with E-state index >= 15 is 0 Å². The number of rotatable bonds is 14. The SMILES string of the molecule is CCCCCCCC(=O)OC12CC3CC(C1)CC(OC(=O)CCCCCCC)(C3)C2. The number of carbonyl (C=O) groups is 2. The first-order valence-electron chi connectivity index (χ1n) is 12.9. The van der Waals surface area contributed by atoms with Crippen LogP contribution < -0.4 is 0 Å². The van der Waals surface area contributed by atoms with Crippen LogP contribution in [0.15, 0.2) is 0 Å². The molecule has 0 aromatic carbocycles. The highest BCUT2D eigenvalue weighted by molar-refractivity contribution is 5.71. The van der Waals surface area contributed by atoms with Crippen LogP contribution in [0, 0.1) is 11.8 Å². The first-order chi connectivity index (χ1) is 14.5. The van der Waals surface area contributed by atoms with Crippen molar-refractivity contribution >= 4 is 11.9 Å². The lowest BCUT2D eigenvalue weighted by molar-refractivity contribution is -0.231. The number of hydrogen-bond acceptors (Lipinski definition) is 4. The topological polar surface area (TPSA) is 52.6 Å². The van der Waals surface area contributed by atoms with Crippen molar-refractivity contribution < 1.29 is 19.1 Å². The van der Waals surface area contributed by atoms with Crippen LogP contribution >= 0.6 is 0 Å². The minimum absolute atomic E-state index is 0.0363. The fraction of sp³-hybridized carbons (Fsp3) is 0.923. The van der Waals surface area contributed by atoms with Gasteiger partial charge in [-0.3, -0.25) is 9.59 Å².